The Morgan fingerprint density at radius 2 is 2.12 bits per heavy atom. The van der Waals surface area contributed by atoms with Crippen LogP contribution in [0, 0.1) is 16.1 Å². The fraction of sp³-hybridized carbons (Fsp3) is 0.222. The van der Waals surface area contributed by atoms with Gasteiger partial charge < -0.3 is 14.5 Å². The van der Waals surface area contributed by atoms with Crippen molar-refractivity contribution in [1.82, 2.24) is 9.97 Å². The Kier molecular flexibility index (Phi) is 6.47. The number of nitrogens with zero attached hydrogens (tertiary/aromatic N) is 1. The summed E-state index contributed by atoms with van der Waals surface area (Å²) < 4.78 is 11.0. The molecule has 2 aromatic rings. The lowest BCUT2D eigenvalue weighted by Crippen LogP contribution is -2.13. The van der Waals surface area contributed by atoms with E-state index in [-0.39, 0.29) is 28.4 Å². The van der Waals surface area contributed by atoms with Crippen LogP contribution in [0.3, 0.4) is 0 Å². The zero-order chi connectivity index (χ0) is 19.1. The summed E-state index contributed by atoms with van der Waals surface area (Å²) >= 11 is 4.94. The molecule has 0 fully saturated rings. The minimum atomic E-state index is -0.563. The van der Waals surface area contributed by atoms with E-state index in [1.54, 1.807) is 37.3 Å². The fourth-order valence-electron chi connectivity index (χ4n) is 2.15. The number of para-hydroxylation sites is 1. The van der Waals surface area contributed by atoms with Crippen LogP contribution >= 0.6 is 12.2 Å². The number of carbonyl (C=O) groups excluding carboxylic acids is 1. The number of hydrogen-bond acceptors (Lipinski definition) is 6. The van der Waals surface area contributed by atoms with Gasteiger partial charge in [0.2, 0.25) is 0 Å². The third-order valence-corrected chi connectivity index (χ3v) is 3.72. The third kappa shape index (κ3) is 4.46. The second-order valence-corrected chi connectivity index (χ2v) is 5.61. The van der Waals surface area contributed by atoms with E-state index in [2.05, 4.69) is 9.97 Å². The molecule has 0 aliphatic heterocycles. The maximum atomic E-state index is 11.8. The molecule has 0 bridgehead atoms. The number of nitrogens with one attached hydrogen (secondary N) is 2. The van der Waals surface area contributed by atoms with Crippen molar-refractivity contribution in [2.45, 2.75) is 13.3 Å². The van der Waals surface area contributed by atoms with Crippen molar-refractivity contribution in [3.05, 3.63) is 50.1 Å². The van der Waals surface area contributed by atoms with E-state index in [1.807, 2.05) is 6.07 Å². The van der Waals surface area contributed by atoms with Crippen LogP contribution in [0.5, 0.6) is 11.5 Å². The van der Waals surface area contributed by atoms with E-state index in [4.69, 9.17) is 27.0 Å². The summed E-state index contributed by atoms with van der Waals surface area (Å²) in [6.45, 7) is 1.68. The molecular weight excluding hydrogens is 354 g/mol. The molecule has 0 aliphatic rings. The van der Waals surface area contributed by atoms with Crippen molar-refractivity contribution < 1.29 is 14.3 Å². The van der Waals surface area contributed by atoms with Gasteiger partial charge in [-0.05, 0) is 30.4 Å². The molecule has 0 atom stereocenters. The number of benzene rings is 1. The molecular formula is C18H17N3O4S. The number of hydrogen-bond donors (Lipinski definition) is 2. The van der Waals surface area contributed by atoms with Crippen LogP contribution in [-0.2, 0) is 4.79 Å². The molecule has 0 spiro atoms. The van der Waals surface area contributed by atoms with E-state index < -0.39 is 5.56 Å². The first kappa shape index (κ1) is 19.1. The van der Waals surface area contributed by atoms with Gasteiger partial charge in [-0.2, -0.15) is 5.26 Å². The van der Waals surface area contributed by atoms with Gasteiger partial charge in [0.1, 0.15) is 18.2 Å². The summed E-state index contributed by atoms with van der Waals surface area (Å²) in [4.78, 5) is 28.5. The Hall–Kier alpha value is -3.18. The number of aromatic amines is 2. The van der Waals surface area contributed by atoms with Gasteiger partial charge in [0.15, 0.2) is 22.1 Å². The van der Waals surface area contributed by atoms with Gasteiger partial charge in [-0.1, -0.05) is 19.1 Å². The third-order valence-electron chi connectivity index (χ3n) is 3.51. The lowest BCUT2D eigenvalue weighted by atomic mass is 10.1. The Balaban J connectivity index is 2.45. The zero-order valence-corrected chi connectivity index (χ0v) is 15.1. The van der Waals surface area contributed by atoms with Gasteiger partial charge in [-0.25, -0.2) is 0 Å². The SMILES string of the molecule is CCC(=O)COc1c(/C=C/c2[nH]c(=S)[nH]c(=O)c2C#N)cccc1OC. The number of Topliss-reactive ketones (excluding diaryl/α,β-unsaturated/α-hetero) is 1. The number of carbonyl (C=O) groups is 1. The van der Waals surface area contributed by atoms with E-state index in [1.165, 1.54) is 7.11 Å². The summed E-state index contributed by atoms with van der Waals surface area (Å²) in [7, 11) is 1.50. The monoisotopic (exact) mass is 371 g/mol. The first-order valence-corrected chi connectivity index (χ1v) is 8.17. The van der Waals surface area contributed by atoms with Crippen LogP contribution in [0.2, 0.25) is 0 Å². The maximum Gasteiger partial charge on any atom is 0.270 e. The van der Waals surface area contributed by atoms with Gasteiger partial charge in [0.25, 0.3) is 5.56 Å². The number of rotatable bonds is 7. The van der Waals surface area contributed by atoms with Crippen molar-refractivity contribution >= 4 is 30.2 Å². The van der Waals surface area contributed by atoms with Crippen LogP contribution in [0.1, 0.15) is 30.2 Å². The van der Waals surface area contributed by atoms with Crippen molar-refractivity contribution in [2.75, 3.05) is 13.7 Å². The molecule has 0 aliphatic carbocycles. The van der Waals surface area contributed by atoms with E-state index in [9.17, 15) is 9.59 Å². The summed E-state index contributed by atoms with van der Waals surface area (Å²) in [6, 6.07) is 7.08. The molecule has 1 heterocycles. The predicted octanol–water partition coefficient (Wildman–Crippen LogP) is 2.84. The van der Waals surface area contributed by atoms with Crippen LogP contribution in [0.15, 0.2) is 23.0 Å². The van der Waals surface area contributed by atoms with Gasteiger partial charge in [0.05, 0.1) is 12.8 Å². The van der Waals surface area contributed by atoms with Gasteiger partial charge in [0, 0.05) is 12.0 Å². The molecule has 0 unspecified atom stereocenters. The highest BCUT2D eigenvalue weighted by Crippen LogP contribution is 2.32. The highest BCUT2D eigenvalue weighted by molar-refractivity contribution is 7.71. The molecule has 134 valence electrons. The Bertz CT molecular complexity index is 999. The molecule has 0 saturated heterocycles. The molecule has 0 radical (unpaired) electrons. The van der Waals surface area contributed by atoms with E-state index >= 15 is 0 Å². The van der Waals surface area contributed by atoms with Gasteiger partial charge in [-0.3, -0.25) is 14.6 Å². The number of nitriles is 1. The average Bonchev–Trinajstić information content (AvgIpc) is 2.63. The lowest BCUT2D eigenvalue weighted by Gasteiger charge is -2.12. The van der Waals surface area contributed by atoms with Crippen molar-refractivity contribution in [3.63, 3.8) is 0 Å². The fourth-order valence-corrected chi connectivity index (χ4v) is 2.35. The number of ether oxygens (including phenoxy) is 2. The first-order chi connectivity index (χ1) is 12.5. The molecule has 1 aromatic carbocycles. The molecule has 7 nitrogen and oxygen atoms in total. The maximum absolute atomic E-state index is 11.8. The Morgan fingerprint density at radius 3 is 2.77 bits per heavy atom. The molecule has 26 heavy (non-hydrogen) atoms. The molecule has 8 heteroatoms. The topological polar surface area (TPSA) is 108 Å². The summed E-state index contributed by atoms with van der Waals surface area (Å²) in [6.07, 6.45) is 3.57. The summed E-state index contributed by atoms with van der Waals surface area (Å²) in [5.41, 5.74) is 0.254. The number of methoxy groups -OCH3 is 1. The zero-order valence-electron chi connectivity index (χ0n) is 14.3. The highest BCUT2D eigenvalue weighted by atomic mass is 32.1. The van der Waals surface area contributed by atoms with Crippen LogP contribution < -0.4 is 15.0 Å². The Morgan fingerprint density at radius 1 is 1.35 bits per heavy atom. The normalized spacial score (nSPS) is 10.5. The minimum absolute atomic E-state index is 0.0451. The van der Waals surface area contributed by atoms with Crippen LogP contribution in [-0.4, -0.2) is 29.5 Å². The molecule has 2 rings (SSSR count). The predicted molar refractivity (Wildman–Crippen MR) is 99.7 cm³/mol. The second-order valence-electron chi connectivity index (χ2n) is 5.20. The van der Waals surface area contributed by atoms with Crippen LogP contribution in [0.4, 0.5) is 0 Å². The van der Waals surface area contributed by atoms with Crippen molar-refractivity contribution in [1.29, 1.82) is 5.26 Å². The molecule has 2 N–H and O–H groups in total. The first-order valence-electron chi connectivity index (χ1n) is 7.76. The summed E-state index contributed by atoms with van der Waals surface area (Å²) in [5, 5.41) is 9.16. The molecule has 0 amide bonds. The van der Waals surface area contributed by atoms with Gasteiger partial charge >= 0.3 is 0 Å². The largest absolute Gasteiger partial charge is 0.493 e. The van der Waals surface area contributed by atoms with Crippen LogP contribution in [0.25, 0.3) is 12.2 Å². The molecule has 0 saturated carbocycles. The van der Waals surface area contributed by atoms with Crippen molar-refractivity contribution in [2.24, 2.45) is 0 Å². The number of ketones is 1. The smallest absolute Gasteiger partial charge is 0.270 e. The molecule has 1 aromatic heterocycles. The van der Waals surface area contributed by atoms with E-state index in [0.717, 1.165) is 0 Å². The minimum Gasteiger partial charge on any atom is -0.493 e. The van der Waals surface area contributed by atoms with E-state index in [0.29, 0.717) is 23.5 Å². The standard InChI is InChI=1S/C18H17N3O4S/c1-3-12(22)10-25-16-11(5-4-6-15(16)24-2)7-8-14-13(9-19)17(23)21-18(26)20-14/h4-8H,3,10H2,1-2H3,(H2,20,21,23,26)/b8-7+. The highest BCUT2D eigenvalue weighted by Gasteiger charge is 2.11. The second kappa shape index (κ2) is 8.78. The number of aromatic nitrogens is 2. The van der Waals surface area contributed by atoms with Gasteiger partial charge in [-0.15, -0.1) is 0 Å². The van der Waals surface area contributed by atoms with Crippen molar-refractivity contribution in [3.8, 4) is 17.6 Å². The average molecular weight is 371 g/mol. The quantitative estimate of drug-likeness (QED) is 0.725. The lowest BCUT2D eigenvalue weighted by molar-refractivity contribution is -0.120. The number of H-pyrrole nitrogens is 2. The Labute approximate surface area is 154 Å². The summed E-state index contributed by atoms with van der Waals surface area (Å²) in [5.74, 6) is 0.821.